The third-order valence-electron chi connectivity index (χ3n) is 3.65. The molecular formula is C16H22N2O. The summed E-state index contributed by atoms with van der Waals surface area (Å²) in [6.45, 7) is 8.32. The van der Waals surface area contributed by atoms with E-state index in [0.29, 0.717) is 5.69 Å². The zero-order valence-corrected chi connectivity index (χ0v) is 12.1. The molecule has 0 saturated carbocycles. The van der Waals surface area contributed by atoms with Crippen LogP contribution in [0.15, 0.2) is 18.2 Å². The maximum absolute atomic E-state index is 12.2. The van der Waals surface area contributed by atoms with Gasteiger partial charge in [-0.3, -0.25) is 4.79 Å². The van der Waals surface area contributed by atoms with E-state index in [0.717, 1.165) is 23.7 Å². The fourth-order valence-electron chi connectivity index (χ4n) is 2.48. The highest BCUT2D eigenvalue weighted by molar-refractivity contribution is 5.99. The molecule has 0 aliphatic carbocycles. The van der Waals surface area contributed by atoms with Crippen LogP contribution in [0.5, 0.6) is 0 Å². The highest BCUT2D eigenvalue weighted by Crippen LogP contribution is 2.21. The maximum Gasteiger partial charge on any atom is 0.267 e. The van der Waals surface area contributed by atoms with Gasteiger partial charge in [0.2, 0.25) is 0 Å². The molecule has 3 heteroatoms. The van der Waals surface area contributed by atoms with Gasteiger partial charge < -0.3 is 10.3 Å². The van der Waals surface area contributed by atoms with Gasteiger partial charge in [0.1, 0.15) is 5.69 Å². The van der Waals surface area contributed by atoms with Crippen molar-refractivity contribution >= 4 is 16.8 Å². The minimum atomic E-state index is -0.0121. The second-order valence-corrected chi connectivity index (χ2v) is 5.21. The molecule has 1 heterocycles. The van der Waals surface area contributed by atoms with Gasteiger partial charge in [0.05, 0.1) is 0 Å². The summed E-state index contributed by atoms with van der Waals surface area (Å²) < 4.78 is 0. The number of carbonyl (C=O) groups excluding carboxylic acids is 1. The second-order valence-electron chi connectivity index (χ2n) is 5.21. The highest BCUT2D eigenvalue weighted by Gasteiger charge is 2.13. The summed E-state index contributed by atoms with van der Waals surface area (Å²) >= 11 is 0. The SMILES string of the molecule is CCC(CC)NC(=O)c1cc2c(C)cc(C)cc2[nH]1. The predicted molar refractivity (Wildman–Crippen MR) is 79.6 cm³/mol. The number of aryl methyl sites for hydroxylation is 2. The lowest BCUT2D eigenvalue weighted by Crippen LogP contribution is -2.33. The number of fused-ring (bicyclic) bond motifs is 1. The minimum absolute atomic E-state index is 0.0121. The quantitative estimate of drug-likeness (QED) is 0.863. The summed E-state index contributed by atoms with van der Waals surface area (Å²) in [4.78, 5) is 15.4. The molecule has 0 aliphatic rings. The molecule has 2 N–H and O–H groups in total. The van der Waals surface area contributed by atoms with Gasteiger partial charge in [-0.25, -0.2) is 0 Å². The fraction of sp³-hybridized carbons (Fsp3) is 0.438. The Morgan fingerprint density at radius 3 is 2.53 bits per heavy atom. The molecule has 102 valence electrons. The van der Waals surface area contributed by atoms with Crippen LogP contribution >= 0.6 is 0 Å². The topological polar surface area (TPSA) is 44.9 Å². The third kappa shape index (κ3) is 2.80. The van der Waals surface area contributed by atoms with Gasteiger partial charge in [0, 0.05) is 16.9 Å². The number of carbonyl (C=O) groups is 1. The van der Waals surface area contributed by atoms with E-state index in [2.05, 4.69) is 50.1 Å². The number of benzene rings is 1. The molecular weight excluding hydrogens is 236 g/mol. The van der Waals surface area contributed by atoms with Crippen molar-refractivity contribution in [3.63, 3.8) is 0 Å². The molecule has 0 fully saturated rings. The molecule has 1 aromatic carbocycles. The zero-order chi connectivity index (χ0) is 14.0. The van der Waals surface area contributed by atoms with Gasteiger partial charge in [-0.1, -0.05) is 19.9 Å². The predicted octanol–water partition coefficient (Wildman–Crippen LogP) is 3.70. The van der Waals surface area contributed by atoms with Crippen molar-refractivity contribution in [2.45, 2.75) is 46.6 Å². The fourth-order valence-corrected chi connectivity index (χ4v) is 2.48. The number of aromatic nitrogens is 1. The van der Waals surface area contributed by atoms with Crippen LogP contribution in [0.1, 0.15) is 48.3 Å². The van der Waals surface area contributed by atoms with E-state index in [1.807, 2.05) is 6.07 Å². The van der Waals surface area contributed by atoms with Gasteiger partial charge in [-0.15, -0.1) is 0 Å². The first-order chi connectivity index (χ1) is 9.05. The zero-order valence-electron chi connectivity index (χ0n) is 12.1. The van der Waals surface area contributed by atoms with E-state index in [9.17, 15) is 4.79 Å². The molecule has 1 aromatic heterocycles. The Morgan fingerprint density at radius 2 is 1.89 bits per heavy atom. The summed E-state index contributed by atoms with van der Waals surface area (Å²) in [6, 6.07) is 6.42. The standard InChI is InChI=1S/C16H22N2O/c1-5-12(6-2)17-16(19)15-9-13-11(4)7-10(3)8-14(13)18-15/h7-9,12,18H,5-6H2,1-4H3,(H,17,19). The first-order valence-corrected chi connectivity index (χ1v) is 6.96. The van der Waals surface area contributed by atoms with Crippen molar-refractivity contribution in [3.8, 4) is 0 Å². The van der Waals surface area contributed by atoms with Crippen LogP contribution in [-0.2, 0) is 0 Å². The van der Waals surface area contributed by atoms with Gasteiger partial charge >= 0.3 is 0 Å². The van der Waals surface area contributed by atoms with Crippen LogP contribution in [0.2, 0.25) is 0 Å². The molecule has 0 radical (unpaired) electrons. The Kier molecular flexibility index (Phi) is 3.93. The minimum Gasteiger partial charge on any atom is -0.351 e. The first-order valence-electron chi connectivity index (χ1n) is 6.96. The summed E-state index contributed by atoms with van der Waals surface area (Å²) in [5.41, 5.74) is 4.09. The Morgan fingerprint density at radius 1 is 1.21 bits per heavy atom. The van der Waals surface area contributed by atoms with Gasteiger partial charge in [-0.2, -0.15) is 0 Å². The number of rotatable bonds is 4. The Labute approximate surface area is 114 Å². The smallest absolute Gasteiger partial charge is 0.267 e. The lowest BCUT2D eigenvalue weighted by Gasteiger charge is -2.13. The Hall–Kier alpha value is -1.77. The average Bonchev–Trinajstić information content (AvgIpc) is 2.79. The number of hydrogen-bond acceptors (Lipinski definition) is 1. The van der Waals surface area contributed by atoms with Gasteiger partial charge in [-0.05, 0) is 49.9 Å². The molecule has 3 nitrogen and oxygen atoms in total. The lowest BCUT2D eigenvalue weighted by molar-refractivity contribution is 0.0930. The lowest BCUT2D eigenvalue weighted by atomic mass is 10.1. The number of H-pyrrole nitrogens is 1. The van der Waals surface area contributed by atoms with Crippen molar-refractivity contribution in [2.75, 3.05) is 0 Å². The van der Waals surface area contributed by atoms with Crippen molar-refractivity contribution in [2.24, 2.45) is 0 Å². The highest BCUT2D eigenvalue weighted by atomic mass is 16.1. The Bertz CT molecular complexity index is 594. The number of hydrogen-bond donors (Lipinski definition) is 2. The molecule has 1 amide bonds. The summed E-state index contributed by atoms with van der Waals surface area (Å²) in [5, 5.41) is 4.18. The van der Waals surface area contributed by atoms with Crippen LogP contribution < -0.4 is 5.32 Å². The van der Waals surface area contributed by atoms with E-state index >= 15 is 0 Å². The molecule has 19 heavy (non-hydrogen) atoms. The molecule has 0 bridgehead atoms. The van der Waals surface area contributed by atoms with Crippen molar-refractivity contribution in [1.82, 2.24) is 10.3 Å². The molecule has 0 saturated heterocycles. The Balaban J connectivity index is 2.31. The molecule has 2 rings (SSSR count). The largest absolute Gasteiger partial charge is 0.351 e. The molecule has 0 unspecified atom stereocenters. The maximum atomic E-state index is 12.2. The van der Waals surface area contributed by atoms with E-state index in [1.165, 1.54) is 11.1 Å². The summed E-state index contributed by atoms with van der Waals surface area (Å²) in [6.07, 6.45) is 1.92. The van der Waals surface area contributed by atoms with Crippen LogP contribution in [0, 0.1) is 13.8 Å². The van der Waals surface area contributed by atoms with E-state index in [4.69, 9.17) is 0 Å². The van der Waals surface area contributed by atoms with Crippen LogP contribution in [0.4, 0.5) is 0 Å². The van der Waals surface area contributed by atoms with E-state index in [1.54, 1.807) is 0 Å². The number of nitrogens with one attached hydrogen (secondary N) is 2. The van der Waals surface area contributed by atoms with Gasteiger partial charge in [0.15, 0.2) is 0 Å². The van der Waals surface area contributed by atoms with E-state index in [-0.39, 0.29) is 11.9 Å². The second kappa shape index (κ2) is 5.47. The number of amides is 1. The monoisotopic (exact) mass is 258 g/mol. The molecule has 0 aliphatic heterocycles. The number of aromatic amines is 1. The van der Waals surface area contributed by atoms with Crippen molar-refractivity contribution in [3.05, 3.63) is 35.0 Å². The van der Waals surface area contributed by atoms with Crippen molar-refractivity contribution in [1.29, 1.82) is 0 Å². The average molecular weight is 258 g/mol. The van der Waals surface area contributed by atoms with Crippen LogP contribution in [0.3, 0.4) is 0 Å². The third-order valence-corrected chi connectivity index (χ3v) is 3.65. The van der Waals surface area contributed by atoms with E-state index < -0.39 is 0 Å². The van der Waals surface area contributed by atoms with Crippen molar-refractivity contribution < 1.29 is 4.79 Å². The van der Waals surface area contributed by atoms with Gasteiger partial charge in [0.25, 0.3) is 5.91 Å². The molecule has 0 spiro atoms. The van der Waals surface area contributed by atoms with Crippen LogP contribution in [0.25, 0.3) is 10.9 Å². The van der Waals surface area contributed by atoms with Crippen LogP contribution in [-0.4, -0.2) is 16.9 Å². The normalized spacial score (nSPS) is 11.2. The molecule has 0 atom stereocenters. The molecule has 2 aromatic rings. The first kappa shape index (κ1) is 13.7. The summed E-state index contributed by atoms with van der Waals surface area (Å²) in [5.74, 6) is -0.0121. The summed E-state index contributed by atoms with van der Waals surface area (Å²) in [7, 11) is 0.